The van der Waals surface area contributed by atoms with E-state index in [1.807, 2.05) is 0 Å². The topological polar surface area (TPSA) is 52.5 Å². The summed E-state index contributed by atoms with van der Waals surface area (Å²) in [5.74, 6) is 0. The van der Waals surface area contributed by atoms with Gasteiger partial charge in [0.15, 0.2) is 0 Å². The molecule has 0 aliphatic carbocycles. The van der Waals surface area contributed by atoms with Crippen LogP contribution in [0.3, 0.4) is 0 Å². The smallest absolute Gasteiger partial charge is 0.0889 e. The average molecular weight is 182 g/mol. The molecule has 0 radical (unpaired) electrons. The highest BCUT2D eigenvalue weighted by atomic mass is 35.5. The summed E-state index contributed by atoms with van der Waals surface area (Å²) in [7, 11) is 0. The van der Waals surface area contributed by atoms with E-state index in [0.717, 1.165) is 25.9 Å². The van der Waals surface area contributed by atoms with Crippen LogP contribution in [-0.2, 0) is 0 Å². The molecule has 0 aromatic carbocycles. The van der Waals surface area contributed by atoms with Crippen molar-refractivity contribution in [2.45, 2.75) is 24.9 Å². The van der Waals surface area contributed by atoms with E-state index in [0.29, 0.717) is 6.42 Å². The first-order chi connectivity index (χ1) is 4.77. The highest BCUT2D eigenvalue weighted by Gasteiger charge is 2.26. The van der Waals surface area contributed by atoms with E-state index in [1.54, 1.807) is 0 Å². The quantitative estimate of drug-likeness (QED) is 0.530. The molecule has 3 nitrogen and oxygen atoms in total. The maximum Gasteiger partial charge on any atom is 0.0889 e. The van der Waals surface area contributed by atoms with Crippen molar-refractivity contribution in [2.24, 2.45) is 0 Å². The molecule has 1 unspecified atom stereocenters. The van der Waals surface area contributed by atoms with Crippen LogP contribution >= 0.6 is 12.4 Å². The van der Waals surface area contributed by atoms with Crippen LogP contribution in [0.2, 0.25) is 0 Å². The third kappa shape index (κ3) is 3.38. The van der Waals surface area contributed by atoms with Crippen molar-refractivity contribution >= 4 is 12.4 Å². The summed E-state index contributed by atoms with van der Waals surface area (Å²) in [6, 6.07) is 0. The Morgan fingerprint density at radius 1 is 1.27 bits per heavy atom. The Kier molecular flexibility index (Phi) is 5.01. The Hall–Kier alpha value is 0.170. The minimum absolute atomic E-state index is 0. The van der Waals surface area contributed by atoms with Gasteiger partial charge in [-0.15, -0.1) is 12.4 Å². The van der Waals surface area contributed by atoms with Crippen molar-refractivity contribution in [3.8, 4) is 0 Å². The Bertz CT molecular complexity index is 103. The molecule has 1 aliphatic rings. The summed E-state index contributed by atoms with van der Waals surface area (Å²) in [5.41, 5.74) is -0.802. The van der Waals surface area contributed by atoms with Gasteiger partial charge in [-0.1, -0.05) is 0 Å². The molecule has 1 atom stereocenters. The molecule has 1 aliphatic heterocycles. The third-order valence-corrected chi connectivity index (χ3v) is 2.06. The van der Waals surface area contributed by atoms with Crippen LogP contribution in [0.15, 0.2) is 0 Å². The van der Waals surface area contributed by atoms with Crippen LogP contribution in [0.4, 0.5) is 0 Å². The molecular weight excluding hydrogens is 166 g/mol. The lowest BCUT2D eigenvalue weighted by Crippen LogP contribution is -2.33. The number of halogens is 1. The zero-order chi connectivity index (χ0) is 7.45. The van der Waals surface area contributed by atoms with Crippen molar-refractivity contribution in [2.75, 3.05) is 19.7 Å². The fourth-order valence-corrected chi connectivity index (χ4v) is 1.27. The van der Waals surface area contributed by atoms with Crippen LogP contribution in [0.25, 0.3) is 0 Å². The van der Waals surface area contributed by atoms with Gasteiger partial charge >= 0.3 is 0 Å². The van der Waals surface area contributed by atoms with Gasteiger partial charge in [0.25, 0.3) is 0 Å². The van der Waals surface area contributed by atoms with Crippen molar-refractivity contribution in [3.63, 3.8) is 0 Å². The molecule has 0 aromatic rings. The Labute approximate surface area is 73.2 Å². The van der Waals surface area contributed by atoms with Crippen molar-refractivity contribution in [1.29, 1.82) is 0 Å². The second kappa shape index (κ2) is 4.93. The molecule has 1 heterocycles. The van der Waals surface area contributed by atoms with Gasteiger partial charge in [-0.25, -0.2) is 0 Å². The lowest BCUT2D eigenvalue weighted by atomic mass is 9.96. The predicted octanol–water partition coefficient (Wildman–Crippen LogP) is -0.0949. The van der Waals surface area contributed by atoms with Crippen LogP contribution < -0.4 is 5.32 Å². The minimum Gasteiger partial charge on any atom is -0.393 e. The fraction of sp³-hybridized carbons (Fsp3) is 1.00. The van der Waals surface area contributed by atoms with Gasteiger partial charge in [-0.2, -0.15) is 0 Å². The van der Waals surface area contributed by atoms with Crippen molar-refractivity contribution in [1.82, 2.24) is 5.32 Å². The van der Waals surface area contributed by atoms with Gasteiger partial charge in [0.05, 0.1) is 12.2 Å². The molecule has 0 bridgehead atoms. The molecule has 1 rings (SSSR count). The summed E-state index contributed by atoms with van der Waals surface area (Å²) >= 11 is 0. The third-order valence-electron chi connectivity index (χ3n) is 2.06. The molecule has 0 spiro atoms. The summed E-state index contributed by atoms with van der Waals surface area (Å²) in [6.45, 7) is 1.67. The lowest BCUT2D eigenvalue weighted by Gasteiger charge is -2.22. The van der Waals surface area contributed by atoms with E-state index in [9.17, 15) is 5.11 Å². The first kappa shape index (κ1) is 11.2. The summed E-state index contributed by atoms with van der Waals surface area (Å²) in [6.07, 6.45) is 2.34. The second-order valence-corrected chi connectivity index (χ2v) is 2.99. The molecular formula is C7H16ClNO2. The normalized spacial score (nSPS) is 32.2. The molecule has 0 amide bonds. The standard InChI is InChI=1S/C7H15NO2.ClH/c9-6-7(10)2-1-4-8-5-3-7;/h8-10H,1-6H2;1H. The molecule has 11 heavy (non-hydrogen) atoms. The van der Waals surface area contributed by atoms with E-state index in [1.165, 1.54) is 0 Å². The second-order valence-electron chi connectivity index (χ2n) is 2.99. The van der Waals surface area contributed by atoms with E-state index in [4.69, 9.17) is 5.11 Å². The summed E-state index contributed by atoms with van der Waals surface area (Å²) in [5, 5.41) is 21.5. The SMILES string of the molecule is Cl.OCC1(O)CCCNCC1. The van der Waals surface area contributed by atoms with Crippen LogP contribution in [0.1, 0.15) is 19.3 Å². The molecule has 68 valence electrons. The largest absolute Gasteiger partial charge is 0.393 e. The molecule has 4 heteroatoms. The predicted molar refractivity (Wildman–Crippen MR) is 46.0 cm³/mol. The zero-order valence-electron chi connectivity index (χ0n) is 6.55. The highest BCUT2D eigenvalue weighted by Crippen LogP contribution is 2.17. The zero-order valence-corrected chi connectivity index (χ0v) is 7.36. The van der Waals surface area contributed by atoms with Gasteiger partial charge in [-0.3, -0.25) is 0 Å². The first-order valence-electron chi connectivity index (χ1n) is 3.81. The van der Waals surface area contributed by atoms with Gasteiger partial charge in [0.2, 0.25) is 0 Å². The maximum absolute atomic E-state index is 9.57. The highest BCUT2D eigenvalue weighted by molar-refractivity contribution is 5.85. The van der Waals surface area contributed by atoms with Gasteiger partial charge < -0.3 is 15.5 Å². The van der Waals surface area contributed by atoms with Crippen molar-refractivity contribution < 1.29 is 10.2 Å². The summed E-state index contributed by atoms with van der Waals surface area (Å²) in [4.78, 5) is 0. The van der Waals surface area contributed by atoms with Crippen LogP contribution in [0.5, 0.6) is 0 Å². The maximum atomic E-state index is 9.57. The molecule has 3 N–H and O–H groups in total. The monoisotopic (exact) mass is 181 g/mol. The molecule has 0 saturated carbocycles. The number of aliphatic hydroxyl groups excluding tert-OH is 1. The van der Waals surface area contributed by atoms with E-state index in [2.05, 4.69) is 5.32 Å². The number of hydrogen-bond acceptors (Lipinski definition) is 3. The molecule has 1 fully saturated rings. The van der Waals surface area contributed by atoms with E-state index in [-0.39, 0.29) is 19.0 Å². The van der Waals surface area contributed by atoms with Crippen molar-refractivity contribution in [3.05, 3.63) is 0 Å². The van der Waals surface area contributed by atoms with Crippen LogP contribution in [-0.4, -0.2) is 35.5 Å². The molecule has 0 aromatic heterocycles. The number of hydrogen-bond donors (Lipinski definition) is 3. The fourth-order valence-electron chi connectivity index (χ4n) is 1.27. The van der Waals surface area contributed by atoms with Crippen LogP contribution in [0, 0.1) is 0 Å². The van der Waals surface area contributed by atoms with E-state index < -0.39 is 5.60 Å². The minimum atomic E-state index is -0.802. The number of aliphatic hydroxyl groups is 2. The Morgan fingerprint density at radius 3 is 2.64 bits per heavy atom. The number of nitrogens with one attached hydrogen (secondary N) is 1. The first-order valence-corrected chi connectivity index (χ1v) is 3.81. The Balaban J connectivity index is 0.000001000. The molecule has 1 saturated heterocycles. The number of rotatable bonds is 1. The van der Waals surface area contributed by atoms with E-state index >= 15 is 0 Å². The van der Waals surface area contributed by atoms with Gasteiger partial charge in [-0.05, 0) is 32.4 Å². The van der Waals surface area contributed by atoms with Gasteiger partial charge in [0, 0.05) is 0 Å². The van der Waals surface area contributed by atoms with Gasteiger partial charge in [0.1, 0.15) is 0 Å². The Morgan fingerprint density at radius 2 is 2.00 bits per heavy atom. The lowest BCUT2D eigenvalue weighted by molar-refractivity contribution is -0.0235. The summed E-state index contributed by atoms with van der Waals surface area (Å²) < 4.78 is 0. The average Bonchev–Trinajstić information content (AvgIpc) is 2.15.